The second-order valence-corrected chi connectivity index (χ2v) is 7.86. The first-order valence-corrected chi connectivity index (χ1v) is 10.5. The summed E-state index contributed by atoms with van der Waals surface area (Å²) in [4.78, 5) is 15.9. The maximum absolute atomic E-state index is 11.1. The molecule has 0 saturated heterocycles. The summed E-state index contributed by atoms with van der Waals surface area (Å²) in [6.07, 6.45) is 3.76. The Morgan fingerprint density at radius 1 is 1.00 bits per heavy atom. The molecular weight excluding hydrogens is 410 g/mol. The molecule has 5 nitrogen and oxygen atoms in total. The van der Waals surface area contributed by atoms with Gasteiger partial charge in [-0.2, -0.15) is 5.26 Å². The second kappa shape index (κ2) is 8.10. The minimum Gasteiger partial charge on any atom is -0.478 e. The fourth-order valence-corrected chi connectivity index (χ4v) is 3.96. The zero-order valence-corrected chi connectivity index (χ0v) is 17.9. The molecular formula is C28H19N3O2. The number of nitriles is 1. The van der Waals surface area contributed by atoms with Crippen LogP contribution in [0.4, 0.5) is 0 Å². The molecule has 5 heteroatoms. The van der Waals surface area contributed by atoms with Gasteiger partial charge in [0.15, 0.2) is 5.65 Å². The number of imidazole rings is 1. The highest BCUT2D eigenvalue weighted by atomic mass is 16.4. The van der Waals surface area contributed by atoms with E-state index in [0.29, 0.717) is 11.2 Å². The topological polar surface area (TPSA) is 78.4 Å². The van der Waals surface area contributed by atoms with Crippen LogP contribution in [0.15, 0.2) is 78.9 Å². The first-order valence-electron chi connectivity index (χ1n) is 10.5. The number of aromatic carboxylic acids is 1. The molecule has 0 fully saturated rings. The Morgan fingerprint density at radius 3 is 2.42 bits per heavy atom. The highest BCUT2D eigenvalue weighted by molar-refractivity contribution is 5.90. The molecule has 0 aliphatic carbocycles. The molecule has 33 heavy (non-hydrogen) atoms. The fourth-order valence-electron chi connectivity index (χ4n) is 3.96. The molecule has 0 aliphatic rings. The number of benzene rings is 3. The third kappa shape index (κ3) is 3.64. The van der Waals surface area contributed by atoms with E-state index in [4.69, 9.17) is 10.1 Å². The molecule has 0 saturated carbocycles. The number of rotatable bonds is 4. The summed E-state index contributed by atoms with van der Waals surface area (Å²) in [6, 6.07) is 27.1. The van der Waals surface area contributed by atoms with Gasteiger partial charge < -0.3 is 5.11 Å². The number of carboxylic acids is 1. The molecule has 2 heterocycles. The van der Waals surface area contributed by atoms with Crippen molar-refractivity contribution < 1.29 is 9.90 Å². The summed E-state index contributed by atoms with van der Waals surface area (Å²) >= 11 is 0. The van der Waals surface area contributed by atoms with Crippen LogP contribution in [0.1, 0.15) is 32.6 Å². The molecule has 158 valence electrons. The van der Waals surface area contributed by atoms with E-state index in [9.17, 15) is 10.1 Å². The molecule has 5 aromatic rings. The van der Waals surface area contributed by atoms with Crippen LogP contribution in [0.5, 0.6) is 0 Å². The average Bonchev–Trinajstić information content (AvgIpc) is 3.22. The van der Waals surface area contributed by atoms with Crippen molar-refractivity contribution >= 4 is 34.8 Å². The number of para-hydroxylation sites is 2. The zero-order chi connectivity index (χ0) is 22.9. The van der Waals surface area contributed by atoms with Gasteiger partial charge in [-0.05, 0) is 53.9 Å². The van der Waals surface area contributed by atoms with E-state index in [0.717, 1.165) is 33.4 Å². The monoisotopic (exact) mass is 429 g/mol. The number of aromatic nitrogens is 2. The SMILES string of the molecule is Cc1ccc(-c2cc(/C=C/c3ccc(C(=O)O)cc3)c(C#N)c3nc4ccccc4n23)cc1. The molecule has 1 N–H and O–H groups in total. The van der Waals surface area contributed by atoms with E-state index < -0.39 is 5.97 Å². The summed E-state index contributed by atoms with van der Waals surface area (Å²) < 4.78 is 2.04. The summed E-state index contributed by atoms with van der Waals surface area (Å²) in [7, 11) is 0. The number of carbonyl (C=O) groups is 1. The predicted octanol–water partition coefficient (Wildman–Crippen LogP) is 6.20. The van der Waals surface area contributed by atoms with Crippen LogP contribution in [-0.4, -0.2) is 20.5 Å². The van der Waals surface area contributed by atoms with Gasteiger partial charge in [-0.1, -0.05) is 66.2 Å². The normalized spacial score (nSPS) is 11.3. The van der Waals surface area contributed by atoms with Gasteiger partial charge in [0.2, 0.25) is 0 Å². The Balaban J connectivity index is 1.73. The molecule has 0 aliphatic heterocycles. The van der Waals surface area contributed by atoms with E-state index in [1.54, 1.807) is 24.3 Å². The summed E-state index contributed by atoms with van der Waals surface area (Å²) in [6.45, 7) is 2.05. The standard InChI is InChI=1S/C28H19N3O2/c1-18-6-11-20(12-7-18)26-16-22(15-10-19-8-13-21(14-9-19)28(32)33)23(17-29)27-30-24-4-2-3-5-25(24)31(26)27/h2-16H,1H3,(H,32,33)/b15-10+. The van der Waals surface area contributed by atoms with E-state index in [1.807, 2.05) is 46.9 Å². The number of nitrogens with zero attached hydrogens (tertiary/aromatic N) is 3. The van der Waals surface area contributed by atoms with Crippen LogP contribution >= 0.6 is 0 Å². The van der Waals surface area contributed by atoms with Gasteiger partial charge in [0, 0.05) is 0 Å². The largest absolute Gasteiger partial charge is 0.478 e. The first-order chi connectivity index (χ1) is 16.0. The lowest BCUT2D eigenvalue weighted by Gasteiger charge is -2.11. The molecule has 5 rings (SSSR count). The van der Waals surface area contributed by atoms with E-state index in [2.05, 4.69) is 37.3 Å². The number of hydrogen-bond acceptors (Lipinski definition) is 3. The van der Waals surface area contributed by atoms with Crippen molar-refractivity contribution in [1.82, 2.24) is 9.38 Å². The minimum atomic E-state index is -0.961. The van der Waals surface area contributed by atoms with Crippen LogP contribution in [0.2, 0.25) is 0 Å². The highest BCUT2D eigenvalue weighted by Gasteiger charge is 2.17. The van der Waals surface area contributed by atoms with Crippen molar-refractivity contribution in [2.45, 2.75) is 6.92 Å². The van der Waals surface area contributed by atoms with Crippen molar-refractivity contribution in [3.05, 3.63) is 107 Å². The fraction of sp³-hybridized carbons (Fsp3) is 0.0357. The molecule has 2 aromatic heterocycles. The smallest absolute Gasteiger partial charge is 0.335 e. The number of fused-ring (bicyclic) bond motifs is 3. The predicted molar refractivity (Wildman–Crippen MR) is 130 cm³/mol. The van der Waals surface area contributed by atoms with Gasteiger partial charge in [-0.3, -0.25) is 4.40 Å². The van der Waals surface area contributed by atoms with Gasteiger partial charge in [0.25, 0.3) is 0 Å². The van der Waals surface area contributed by atoms with Crippen molar-refractivity contribution in [2.75, 3.05) is 0 Å². The molecule has 0 unspecified atom stereocenters. The lowest BCUT2D eigenvalue weighted by Crippen LogP contribution is -1.98. The average molecular weight is 429 g/mol. The number of pyridine rings is 1. The quantitative estimate of drug-likeness (QED) is 0.369. The third-order valence-corrected chi connectivity index (χ3v) is 5.68. The summed E-state index contributed by atoms with van der Waals surface area (Å²) in [5.74, 6) is -0.961. The van der Waals surface area contributed by atoms with Crippen molar-refractivity contribution in [3.63, 3.8) is 0 Å². The Hall–Kier alpha value is -4.69. The van der Waals surface area contributed by atoms with Gasteiger partial charge >= 0.3 is 5.97 Å². The molecule has 0 amide bonds. The Morgan fingerprint density at radius 2 is 1.73 bits per heavy atom. The van der Waals surface area contributed by atoms with E-state index in [-0.39, 0.29) is 5.56 Å². The van der Waals surface area contributed by atoms with E-state index in [1.165, 1.54) is 5.56 Å². The third-order valence-electron chi connectivity index (χ3n) is 5.68. The van der Waals surface area contributed by atoms with Gasteiger partial charge in [0.05, 0.1) is 22.3 Å². The maximum Gasteiger partial charge on any atom is 0.335 e. The molecule has 0 spiro atoms. The van der Waals surface area contributed by atoms with E-state index >= 15 is 0 Å². The van der Waals surface area contributed by atoms with Crippen LogP contribution < -0.4 is 0 Å². The Labute approximate surface area is 190 Å². The molecule has 0 atom stereocenters. The maximum atomic E-state index is 11.1. The lowest BCUT2D eigenvalue weighted by molar-refractivity contribution is 0.0697. The minimum absolute atomic E-state index is 0.233. The summed E-state index contributed by atoms with van der Waals surface area (Å²) in [5, 5.41) is 19.1. The molecule has 3 aromatic carbocycles. The van der Waals surface area contributed by atoms with Crippen LogP contribution in [0.25, 0.3) is 40.1 Å². The number of aryl methyl sites for hydroxylation is 1. The summed E-state index contributed by atoms with van der Waals surface area (Å²) in [5.41, 5.74) is 7.83. The zero-order valence-electron chi connectivity index (χ0n) is 17.9. The van der Waals surface area contributed by atoms with Gasteiger partial charge in [-0.25, -0.2) is 9.78 Å². The Kier molecular flexibility index (Phi) is 4.96. The molecule has 0 bridgehead atoms. The lowest BCUT2D eigenvalue weighted by atomic mass is 10.0. The van der Waals surface area contributed by atoms with Crippen LogP contribution in [0, 0.1) is 18.3 Å². The number of hydrogen-bond donors (Lipinski definition) is 1. The molecule has 0 radical (unpaired) electrons. The second-order valence-electron chi connectivity index (χ2n) is 7.86. The van der Waals surface area contributed by atoms with Crippen molar-refractivity contribution in [2.24, 2.45) is 0 Å². The highest BCUT2D eigenvalue weighted by Crippen LogP contribution is 2.31. The first kappa shape index (κ1) is 20.2. The van der Waals surface area contributed by atoms with Crippen molar-refractivity contribution in [3.8, 4) is 17.3 Å². The Bertz CT molecular complexity index is 1590. The van der Waals surface area contributed by atoms with Gasteiger partial charge in [-0.15, -0.1) is 0 Å². The van der Waals surface area contributed by atoms with Gasteiger partial charge in [0.1, 0.15) is 11.6 Å². The van der Waals surface area contributed by atoms with Crippen LogP contribution in [-0.2, 0) is 0 Å². The van der Waals surface area contributed by atoms with Crippen LogP contribution in [0.3, 0.4) is 0 Å². The number of carboxylic acid groups (broad SMARTS) is 1. The van der Waals surface area contributed by atoms with Crippen molar-refractivity contribution in [1.29, 1.82) is 5.26 Å².